The molecule has 3 nitrogen and oxygen atoms in total. The van der Waals surface area contributed by atoms with E-state index in [9.17, 15) is 4.79 Å². The van der Waals surface area contributed by atoms with E-state index in [-0.39, 0.29) is 18.4 Å². The Morgan fingerprint density at radius 2 is 2.21 bits per heavy atom. The molecule has 1 aromatic rings. The number of carbonyl (C=O) groups is 1. The molecule has 0 radical (unpaired) electrons. The highest BCUT2D eigenvalue weighted by molar-refractivity contribution is 5.92. The van der Waals surface area contributed by atoms with Crippen LogP contribution in [0.4, 0.5) is 5.69 Å². The molecule has 19 heavy (non-hydrogen) atoms. The lowest BCUT2D eigenvalue weighted by atomic mass is 10.1. The van der Waals surface area contributed by atoms with Gasteiger partial charge in [0.15, 0.2) is 0 Å². The van der Waals surface area contributed by atoms with Gasteiger partial charge in [0.05, 0.1) is 6.61 Å². The Labute approximate surface area is 115 Å². The standard InChI is InChI=1S/C16H21NO2/c1-4-12(2)16(19)17-15-9-8-13(3)14(11-15)7-5-6-10-18/h8-9,11-12,18H,4,6,10H2,1-3H3,(H,17,19). The first kappa shape index (κ1) is 15.3. The Hall–Kier alpha value is -1.79. The van der Waals surface area contributed by atoms with E-state index < -0.39 is 0 Å². The summed E-state index contributed by atoms with van der Waals surface area (Å²) in [4.78, 5) is 11.8. The summed E-state index contributed by atoms with van der Waals surface area (Å²) in [5.74, 6) is 5.94. The highest BCUT2D eigenvalue weighted by Crippen LogP contribution is 2.16. The summed E-state index contributed by atoms with van der Waals surface area (Å²) in [6.07, 6.45) is 1.28. The number of rotatable bonds is 4. The molecule has 0 spiro atoms. The van der Waals surface area contributed by atoms with Crippen molar-refractivity contribution >= 4 is 11.6 Å². The maximum atomic E-state index is 11.8. The van der Waals surface area contributed by atoms with Crippen LogP contribution in [0.3, 0.4) is 0 Å². The van der Waals surface area contributed by atoms with Crippen molar-refractivity contribution < 1.29 is 9.90 Å². The lowest BCUT2D eigenvalue weighted by Crippen LogP contribution is -2.19. The van der Waals surface area contributed by atoms with Gasteiger partial charge >= 0.3 is 0 Å². The Kier molecular flexibility index (Phi) is 6.11. The van der Waals surface area contributed by atoms with Crippen LogP contribution in [-0.2, 0) is 4.79 Å². The molecule has 2 N–H and O–H groups in total. The molecule has 0 aliphatic carbocycles. The first-order valence-corrected chi connectivity index (χ1v) is 6.59. The summed E-state index contributed by atoms with van der Waals surface area (Å²) < 4.78 is 0. The van der Waals surface area contributed by atoms with E-state index in [1.807, 2.05) is 39.0 Å². The number of nitrogens with one attached hydrogen (secondary N) is 1. The zero-order valence-corrected chi connectivity index (χ0v) is 11.8. The van der Waals surface area contributed by atoms with Crippen molar-refractivity contribution in [3.63, 3.8) is 0 Å². The molecule has 3 heteroatoms. The molecule has 102 valence electrons. The molecular formula is C16H21NO2. The van der Waals surface area contributed by atoms with Crippen molar-refractivity contribution in [2.75, 3.05) is 11.9 Å². The van der Waals surface area contributed by atoms with Crippen LogP contribution in [0.2, 0.25) is 0 Å². The van der Waals surface area contributed by atoms with E-state index in [1.54, 1.807) is 0 Å². The second-order valence-electron chi connectivity index (χ2n) is 4.60. The highest BCUT2D eigenvalue weighted by atomic mass is 16.2. The van der Waals surface area contributed by atoms with Gasteiger partial charge in [0.1, 0.15) is 0 Å². The van der Waals surface area contributed by atoms with Gasteiger partial charge in [-0.1, -0.05) is 31.8 Å². The lowest BCUT2D eigenvalue weighted by Gasteiger charge is -2.11. The van der Waals surface area contributed by atoms with Gasteiger partial charge in [-0.2, -0.15) is 0 Å². The summed E-state index contributed by atoms with van der Waals surface area (Å²) in [5.41, 5.74) is 2.71. The van der Waals surface area contributed by atoms with E-state index in [4.69, 9.17) is 5.11 Å². The number of hydrogen-bond donors (Lipinski definition) is 2. The molecule has 1 aromatic carbocycles. The van der Waals surface area contributed by atoms with Crippen LogP contribution in [0.1, 0.15) is 37.8 Å². The summed E-state index contributed by atoms with van der Waals surface area (Å²) in [7, 11) is 0. The van der Waals surface area contributed by atoms with E-state index in [0.29, 0.717) is 6.42 Å². The van der Waals surface area contributed by atoms with E-state index in [1.165, 1.54) is 0 Å². The van der Waals surface area contributed by atoms with Gasteiger partial charge in [-0.05, 0) is 31.0 Å². The number of aliphatic hydroxyl groups excluding tert-OH is 1. The predicted molar refractivity (Wildman–Crippen MR) is 77.8 cm³/mol. The SMILES string of the molecule is CCC(C)C(=O)Nc1ccc(C)c(C#CCCO)c1. The molecular weight excluding hydrogens is 238 g/mol. The molecule has 0 fully saturated rings. The van der Waals surface area contributed by atoms with Crippen LogP contribution in [0.5, 0.6) is 0 Å². The molecule has 0 saturated carbocycles. The average Bonchev–Trinajstić information content (AvgIpc) is 2.41. The van der Waals surface area contributed by atoms with E-state index >= 15 is 0 Å². The van der Waals surface area contributed by atoms with Crippen molar-refractivity contribution in [3.05, 3.63) is 29.3 Å². The second-order valence-corrected chi connectivity index (χ2v) is 4.60. The van der Waals surface area contributed by atoms with Crippen molar-refractivity contribution in [3.8, 4) is 11.8 Å². The number of carbonyl (C=O) groups excluding carboxylic acids is 1. The quantitative estimate of drug-likeness (QED) is 0.817. The summed E-state index contributed by atoms with van der Waals surface area (Å²) in [5, 5.41) is 11.6. The lowest BCUT2D eigenvalue weighted by molar-refractivity contribution is -0.119. The molecule has 0 bridgehead atoms. The van der Waals surface area contributed by atoms with Crippen LogP contribution in [0.15, 0.2) is 18.2 Å². The Bertz CT molecular complexity index is 497. The molecule has 0 saturated heterocycles. The summed E-state index contributed by atoms with van der Waals surface area (Å²) in [6, 6.07) is 5.70. The van der Waals surface area contributed by atoms with Crippen molar-refractivity contribution in [1.29, 1.82) is 0 Å². The molecule has 1 amide bonds. The van der Waals surface area contributed by atoms with Gasteiger partial charge in [0.2, 0.25) is 5.91 Å². The maximum absolute atomic E-state index is 11.8. The molecule has 0 aromatic heterocycles. The maximum Gasteiger partial charge on any atom is 0.227 e. The minimum Gasteiger partial charge on any atom is -0.395 e. The Balaban J connectivity index is 2.85. The zero-order valence-electron chi connectivity index (χ0n) is 11.8. The topological polar surface area (TPSA) is 49.3 Å². The number of aryl methyl sites for hydroxylation is 1. The molecule has 0 heterocycles. The van der Waals surface area contributed by atoms with E-state index in [0.717, 1.165) is 23.2 Å². The molecule has 0 aliphatic heterocycles. The van der Waals surface area contributed by atoms with Crippen molar-refractivity contribution in [2.45, 2.75) is 33.6 Å². The van der Waals surface area contributed by atoms with Gasteiger partial charge in [0.25, 0.3) is 0 Å². The highest BCUT2D eigenvalue weighted by Gasteiger charge is 2.10. The second kappa shape index (κ2) is 7.60. The molecule has 0 aliphatic rings. The molecule has 1 atom stereocenters. The van der Waals surface area contributed by atoms with Crippen LogP contribution in [-0.4, -0.2) is 17.6 Å². The van der Waals surface area contributed by atoms with Gasteiger partial charge in [-0.25, -0.2) is 0 Å². The fourth-order valence-corrected chi connectivity index (χ4v) is 1.50. The number of amides is 1. The van der Waals surface area contributed by atoms with Gasteiger partial charge in [-0.15, -0.1) is 0 Å². The van der Waals surface area contributed by atoms with Gasteiger partial charge in [-0.3, -0.25) is 4.79 Å². The van der Waals surface area contributed by atoms with Crippen molar-refractivity contribution in [2.24, 2.45) is 5.92 Å². The van der Waals surface area contributed by atoms with E-state index in [2.05, 4.69) is 17.2 Å². The summed E-state index contributed by atoms with van der Waals surface area (Å²) >= 11 is 0. The smallest absolute Gasteiger partial charge is 0.227 e. The fourth-order valence-electron chi connectivity index (χ4n) is 1.50. The monoisotopic (exact) mass is 259 g/mol. The van der Waals surface area contributed by atoms with Crippen molar-refractivity contribution in [1.82, 2.24) is 0 Å². The average molecular weight is 259 g/mol. The Morgan fingerprint density at radius 3 is 2.84 bits per heavy atom. The number of anilines is 1. The minimum absolute atomic E-state index is 0.00484. The van der Waals surface area contributed by atoms with Crippen LogP contribution >= 0.6 is 0 Å². The predicted octanol–water partition coefficient (Wildman–Crippen LogP) is 2.71. The normalized spacial score (nSPS) is 11.4. The minimum atomic E-state index is 0.00484. The zero-order chi connectivity index (χ0) is 14.3. The fraction of sp³-hybridized carbons (Fsp3) is 0.438. The third-order valence-electron chi connectivity index (χ3n) is 3.02. The van der Waals surface area contributed by atoms with Crippen LogP contribution < -0.4 is 5.32 Å². The van der Waals surface area contributed by atoms with Gasteiger partial charge in [0, 0.05) is 23.6 Å². The van der Waals surface area contributed by atoms with Crippen LogP contribution in [0, 0.1) is 24.7 Å². The van der Waals surface area contributed by atoms with Gasteiger partial charge < -0.3 is 10.4 Å². The third-order valence-corrected chi connectivity index (χ3v) is 3.02. The number of aliphatic hydroxyl groups is 1. The molecule has 1 rings (SSSR count). The number of benzene rings is 1. The first-order chi connectivity index (χ1) is 9.08. The Morgan fingerprint density at radius 1 is 1.47 bits per heavy atom. The molecule has 1 unspecified atom stereocenters. The summed E-state index contributed by atoms with van der Waals surface area (Å²) in [6.45, 7) is 5.94. The van der Waals surface area contributed by atoms with Crippen LogP contribution in [0.25, 0.3) is 0 Å². The largest absolute Gasteiger partial charge is 0.395 e. The first-order valence-electron chi connectivity index (χ1n) is 6.59. The third kappa shape index (κ3) is 4.76. The number of hydrogen-bond acceptors (Lipinski definition) is 2.